The Morgan fingerprint density at radius 1 is 1.04 bits per heavy atom. The van der Waals surface area contributed by atoms with Crippen LogP contribution < -0.4 is 10.2 Å². The van der Waals surface area contributed by atoms with Gasteiger partial charge in [-0.3, -0.25) is 9.59 Å². The molecule has 0 aliphatic carbocycles. The number of carbonyl (C=O) groups is 2. The molecule has 0 aromatic heterocycles. The third-order valence-corrected chi connectivity index (χ3v) is 3.96. The third kappa shape index (κ3) is 6.00. The fourth-order valence-corrected chi connectivity index (χ4v) is 2.36. The molecule has 0 fully saturated rings. The number of nitrogens with one attached hydrogen (secondary N) is 1. The van der Waals surface area contributed by atoms with Gasteiger partial charge in [-0.2, -0.15) is 13.2 Å². The van der Waals surface area contributed by atoms with Crippen molar-refractivity contribution in [1.29, 1.82) is 0 Å². The van der Waals surface area contributed by atoms with E-state index in [1.54, 1.807) is 12.1 Å². The molecule has 1 atom stereocenters. The lowest BCUT2D eigenvalue weighted by Crippen LogP contribution is -2.30. The van der Waals surface area contributed by atoms with Crippen LogP contribution in [0.5, 0.6) is 0 Å². The first kappa shape index (κ1) is 21.3. The molecule has 8 heteroatoms. The predicted molar refractivity (Wildman–Crippen MR) is 100 cm³/mol. The Hall–Kier alpha value is -3.03. The summed E-state index contributed by atoms with van der Waals surface area (Å²) in [6, 6.07) is 11.3. The Balaban J connectivity index is 1.88. The Bertz CT molecular complexity index is 816. The molecule has 2 aromatic carbocycles. The van der Waals surface area contributed by atoms with Gasteiger partial charge in [-0.25, -0.2) is 0 Å². The van der Waals surface area contributed by atoms with E-state index in [0.29, 0.717) is 11.3 Å². The van der Waals surface area contributed by atoms with Crippen molar-refractivity contribution in [3.63, 3.8) is 0 Å². The molecule has 0 aliphatic heterocycles. The minimum absolute atomic E-state index is 0.229. The van der Waals surface area contributed by atoms with Crippen LogP contribution in [0.4, 0.5) is 24.5 Å². The number of esters is 1. The van der Waals surface area contributed by atoms with Crippen LogP contribution in [0.2, 0.25) is 0 Å². The molecule has 0 saturated heterocycles. The van der Waals surface area contributed by atoms with Crippen molar-refractivity contribution in [2.75, 3.05) is 24.3 Å². The second-order valence-electron chi connectivity index (χ2n) is 6.43. The topological polar surface area (TPSA) is 58.6 Å². The number of ether oxygens (including phenoxy) is 1. The van der Waals surface area contributed by atoms with Gasteiger partial charge in [0.15, 0.2) is 6.10 Å². The van der Waals surface area contributed by atoms with Crippen molar-refractivity contribution in [3.05, 3.63) is 59.7 Å². The van der Waals surface area contributed by atoms with Gasteiger partial charge in [-0.05, 0) is 48.9 Å². The van der Waals surface area contributed by atoms with Gasteiger partial charge >= 0.3 is 12.1 Å². The van der Waals surface area contributed by atoms with E-state index in [2.05, 4.69) is 5.32 Å². The molecule has 0 unspecified atom stereocenters. The SMILES string of the molecule is C[C@@H](OC(=O)Cc1ccc(C(F)(F)F)cc1)C(=O)Nc1ccc(N(C)C)cc1. The van der Waals surface area contributed by atoms with Crippen LogP contribution in [0.15, 0.2) is 48.5 Å². The van der Waals surface area contributed by atoms with Crippen molar-refractivity contribution in [1.82, 2.24) is 0 Å². The normalized spacial score (nSPS) is 12.2. The number of nitrogens with zero attached hydrogens (tertiary/aromatic N) is 1. The zero-order valence-electron chi connectivity index (χ0n) is 15.7. The van der Waals surface area contributed by atoms with E-state index in [1.165, 1.54) is 19.1 Å². The largest absolute Gasteiger partial charge is 0.452 e. The third-order valence-electron chi connectivity index (χ3n) is 3.96. The maximum absolute atomic E-state index is 12.5. The molecule has 28 heavy (non-hydrogen) atoms. The number of hydrogen-bond acceptors (Lipinski definition) is 4. The Morgan fingerprint density at radius 2 is 1.61 bits per heavy atom. The van der Waals surface area contributed by atoms with Gasteiger partial charge in [0.2, 0.25) is 0 Å². The van der Waals surface area contributed by atoms with Gasteiger partial charge in [0, 0.05) is 25.5 Å². The highest BCUT2D eigenvalue weighted by molar-refractivity contribution is 5.95. The summed E-state index contributed by atoms with van der Waals surface area (Å²) < 4.78 is 42.7. The fraction of sp³-hybridized carbons (Fsp3) is 0.300. The highest BCUT2D eigenvalue weighted by Gasteiger charge is 2.30. The van der Waals surface area contributed by atoms with Gasteiger partial charge in [0.05, 0.1) is 12.0 Å². The molecule has 1 N–H and O–H groups in total. The number of alkyl halides is 3. The number of carbonyl (C=O) groups excluding carboxylic acids is 2. The van der Waals surface area contributed by atoms with Gasteiger partial charge < -0.3 is 15.0 Å². The van der Waals surface area contributed by atoms with Crippen LogP contribution in [0.3, 0.4) is 0 Å². The second-order valence-corrected chi connectivity index (χ2v) is 6.43. The maximum Gasteiger partial charge on any atom is 0.416 e. The minimum Gasteiger partial charge on any atom is -0.452 e. The number of anilines is 2. The lowest BCUT2D eigenvalue weighted by Gasteiger charge is -2.15. The van der Waals surface area contributed by atoms with Gasteiger partial charge in [-0.1, -0.05) is 12.1 Å². The highest BCUT2D eigenvalue weighted by Crippen LogP contribution is 2.29. The summed E-state index contributed by atoms with van der Waals surface area (Å²) in [7, 11) is 3.79. The summed E-state index contributed by atoms with van der Waals surface area (Å²) >= 11 is 0. The van der Waals surface area contributed by atoms with E-state index in [0.717, 1.165) is 17.8 Å². The summed E-state index contributed by atoms with van der Waals surface area (Å²) in [6.45, 7) is 1.42. The van der Waals surface area contributed by atoms with Crippen molar-refractivity contribution in [3.8, 4) is 0 Å². The van der Waals surface area contributed by atoms with Crippen LogP contribution >= 0.6 is 0 Å². The van der Waals surface area contributed by atoms with Crippen molar-refractivity contribution >= 4 is 23.3 Å². The van der Waals surface area contributed by atoms with E-state index < -0.39 is 29.7 Å². The Labute approximate surface area is 161 Å². The minimum atomic E-state index is -4.43. The number of rotatable bonds is 6. The standard InChI is InChI=1S/C20H21F3N2O3/c1-13(19(27)24-16-8-10-17(11-9-16)25(2)3)28-18(26)12-14-4-6-15(7-5-14)20(21,22)23/h4-11,13H,12H2,1-3H3,(H,24,27)/t13-/m1/s1. The van der Waals surface area contributed by atoms with E-state index in [-0.39, 0.29) is 6.42 Å². The lowest BCUT2D eigenvalue weighted by molar-refractivity contribution is -0.152. The molecular weight excluding hydrogens is 373 g/mol. The molecule has 5 nitrogen and oxygen atoms in total. The second kappa shape index (κ2) is 8.77. The molecule has 0 saturated carbocycles. The first-order chi connectivity index (χ1) is 13.1. The van der Waals surface area contributed by atoms with Crippen molar-refractivity contribution in [2.45, 2.75) is 25.6 Å². The maximum atomic E-state index is 12.5. The molecule has 0 aliphatic rings. The molecule has 0 spiro atoms. The molecule has 2 aromatic rings. The summed E-state index contributed by atoms with van der Waals surface area (Å²) in [6.07, 6.45) is -5.71. The number of benzene rings is 2. The first-order valence-corrected chi connectivity index (χ1v) is 8.50. The average Bonchev–Trinajstić information content (AvgIpc) is 2.61. The van der Waals surface area contributed by atoms with Gasteiger partial charge in [0.1, 0.15) is 0 Å². The van der Waals surface area contributed by atoms with E-state index >= 15 is 0 Å². The summed E-state index contributed by atoms with van der Waals surface area (Å²) in [4.78, 5) is 26.0. The van der Waals surface area contributed by atoms with Crippen LogP contribution in [0.25, 0.3) is 0 Å². The monoisotopic (exact) mass is 394 g/mol. The summed E-state index contributed by atoms with van der Waals surface area (Å²) in [5.41, 5.74) is 1.10. The van der Waals surface area contributed by atoms with Crippen LogP contribution in [0.1, 0.15) is 18.1 Å². The Kier molecular flexibility index (Phi) is 6.66. The van der Waals surface area contributed by atoms with Crippen LogP contribution in [-0.4, -0.2) is 32.1 Å². The zero-order chi connectivity index (χ0) is 20.9. The average molecular weight is 394 g/mol. The predicted octanol–water partition coefficient (Wildman–Crippen LogP) is 3.88. The van der Waals surface area contributed by atoms with Crippen LogP contribution in [0, 0.1) is 0 Å². The molecule has 2 rings (SSSR count). The number of amides is 1. The number of halogens is 3. The van der Waals surface area contributed by atoms with E-state index in [9.17, 15) is 22.8 Å². The van der Waals surface area contributed by atoms with Gasteiger partial charge in [-0.15, -0.1) is 0 Å². The quantitative estimate of drug-likeness (QED) is 0.756. The molecule has 0 bridgehead atoms. The Morgan fingerprint density at radius 3 is 2.11 bits per heavy atom. The molecule has 1 amide bonds. The van der Waals surface area contributed by atoms with Crippen molar-refractivity contribution in [2.24, 2.45) is 0 Å². The lowest BCUT2D eigenvalue weighted by atomic mass is 10.1. The molecule has 0 radical (unpaired) electrons. The van der Waals surface area contributed by atoms with E-state index in [4.69, 9.17) is 4.74 Å². The number of hydrogen-bond donors (Lipinski definition) is 1. The molecular formula is C20H21F3N2O3. The van der Waals surface area contributed by atoms with Gasteiger partial charge in [0.25, 0.3) is 5.91 Å². The first-order valence-electron chi connectivity index (χ1n) is 8.50. The van der Waals surface area contributed by atoms with E-state index in [1.807, 2.05) is 31.1 Å². The van der Waals surface area contributed by atoms with Crippen LogP contribution in [-0.2, 0) is 26.9 Å². The molecule has 0 heterocycles. The zero-order valence-corrected chi connectivity index (χ0v) is 15.7. The smallest absolute Gasteiger partial charge is 0.416 e. The summed E-state index contributed by atoms with van der Waals surface area (Å²) in [5, 5.41) is 2.64. The highest BCUT2D eigenvalue weighted by atomic mass is 19.4. The summed E-state index contributed by atoms with van der Waals surface area (Å²) in [5.74, 6) is -1.20. The fourth-order valence-electron chi connectivity index (χ4n) is 2.36. The molecule has 150 valence electrons. The van der Waals surface area contributed by atoms with Crippen molar-refractivity contribution < 1.29 is 27.5 Å².